The van der Waals surface area contributed by atoms with Gasteiger partial charge in [0.15, 0.2) is 0 Å². The second kappa shape index (κ2) is 15.1. The van der Waals surface area contributed by atoms with E-state index in [0.29, 0.717) is 0 Å². The van der Waals surface area contributed by atoms with Crippen molar-refractivity contribution in [1.29, 1.82) is 0 Å². The molecule has 1 aliphatic carbocycles. The van der Waals surface area contributed by atoms with Crippen molar-refractivity contribution in [3.05, 3.63) is 64.7 Å². The number of aryl methyl sites for hydroxylation is 3. The Morgan fingerprint density at radius 1 is 1.00 bits per heavy atom. The van der Waals surface area contributed by atoms with Crippen molar-refractivity contribution in [3.8, 4) is 0 Å². The molecule has 3 rings (SSSR count). The normalized spacial score (nSPS) is 14.1. The number of halogens is 2. The van der Waals surface area contributed by atoms with Crippen molar-refractivity contribution in [2.24, 2.45) is 5.41 Å². The van der Waals surface area contributed by atoms with Crippen LogP contribution in [0, 0.1) is 19.3 Å². The molecule has 1 saturated carbocycles. The van der Waals surface area contributed by atoms with E-state index < -0.39 is 5.92 Å². The highest BCUT2D eigenvalue weighted by Gasteiger charge is 2.34. The average molecular weight is 476 g/mol. The SMILES string of the molecule is C=O.C=O.CCc1ccc(NC(=O)C2(C)CCCCC2)cc1C.Cc1cccc(C(C)(F)F)c1. The molecule has 34 heavy (non-hydrogen) atoms. The summed E-state index contributed by atoms with van der Waals surface area (Å²) in [7, 11) is 0. The van der Waals surface area contributed by atoms with Crippen LogP contribution in [0.5, 0.6) is 0 Å². The largest absolute Gasteiger partial charge is 0.326 e. The van der Waals surface area contributed by atoms with Gasteiger partial charge in [0.2, 0.25) is 5.91 Å². The van der Waals surface area contributed by atoms with Gasteiger partial charge < -0.3 is 14.9 Å². The van der Waals surface area contributed by atoms with Crippen molar-refractivity contribution in [2.45, 2.75) is 79.1 Å². The average Bonchev–Trinajstić information content (AvgIpc) is 2.82. The molecule has 1 N–H and O–H groups in total. The highest BCUT2D eigenvalue weighted by molar-refractivity contribution is 5.95. The van der Waals surface area contributed by atoms with Crippen LogP contribution in [0.15, 0.2) is 42.5 Å². The van der Waals surface area contributed by atoms with Crippen LogP contribution in [0.4, 0.5) is 14.5 Å². The van der Waals surface area contributed by atoms with E-state index in [-0.39, 0.29) is 16.9 Å². The molecular weight excluding hydrogens is 436 g/mol. The topological polar surface area (TPSA) is 63.2 Å². The van der Waals surface area contributed by atoms with Crippen LogP contribution < -0.4 is 5.32 Å². The van der Waals surface area contributed by atoms with Gasteiger partial charge in [-0.2, -0.15) is 0 Å². The van der Waals surface area contributed by atoms with Gasteiger partial charge in [-0.05, 0) is 56.4 Å². The smallest absolute Gasteiger partial charge is 0.270 e. The van der Waals surface area contributed by atoms with Gasteiger partial charge in [0, 0.05) is 23.6 Å². The molecule has 0 spiro atoms. The Balaban J connectivity index is 0.000000618. The van der Waals surface area contributed by atoms with E-state index in [0.717, 1.165) is 37.4 Å². The zero-order valence-electron chi connectivity index (χ0n) is 21.2. The number of benzene rings is 2. The van der Waals surface area contributed by atoms with Gasteiger partial charge in [-0.1, -0.05) is 69.0 Å². The number of alkyl halides is 2. The minimum atomic E-state index is -2.72. The van der Waals surface area contributed by atoms with E-state index in [4.69, 9.17) is 9.59 Å². The molecule has 2 aromatic carbocycles. The van der Waals surface area contributed by atoms with Gasteiger partial charge in [0.25, 0.3) is 5.92 Å². The number of amides is 1. The van der Waals surface area contributed by atoms with Gasteiger partial charge in [-0.25, -0.2) is 8.78 Å². The minimum Gasteiger partial charge on any atom is -0.326 e. The van der Waals surface area contributed by atoms with Gasteiger partial charge in [-0.3, -0.25) is 4.79 Å². The Kier molecular flexibility index (Phi) is 13.8. The summed E-state index contributed by atoms with van der Waals surface area (Å²) in [6.45, 7) is 13.1. The summed E-state index contributed by atoms with van der Waals surface area (Å²) in [5.74, 6) is -2.53. The van der Waals surface area contributed by atoms with Crippen LogP contribution in [0.2, 0.25) is 0 Å². The summed E-state index contributed by atoms with van der Waals surface area (Å²) in [4.78, 5) is 28.4. The number of carbonyl (C=O) groups is 3. The molecule has 188 valence electrons. The maximum Gasteiger partial charge on any atom is 0.270 e. The lowest BCUT2D eigenvalue weighted by Gasteiger charge is -2.32. The summed E-state index contributed by atoms with van der Waals surface area (Å²) >= 11 is 0. The van der Waals surface area contributed by atoms with E-state index in [1.807, 2.05) is 19.6 Å². The summed E-state index contributed by atoms with van der Waals surface area (Å²) in [6, 6.07) is 12.6. The summed E-state index contributed by atoms with van der Waals surface area (Å²) in [5.41, 5.74) is 4.32. The fourth-order valence-corrected chi connectivity index (χ4v) is 3.93. The Morgan fingerprint density at radius 3 is 2.03 bits per heavy atom. The van der Waals surface area contributed by atoms with E-state index in [1.165, 1.54) is 42.5 Å². The molecular formula is C28H39F2NO3. The molecule has 0 aliphatic heterocycles. The van der Waals surface area contributed by atoms with E-state index >= 15 is 0 Å². The highest BCUT2D eigenvalue weighted by Crippen LogP contribution is 2.36. The predicted octanol–water partition coefficient (Wildman–Crippen LogP) is 7.20. The fraction of sp³-hybridized carbons (Fsp3) is 0.464. The van der Waals surface area contributed by atoms with Crippen molar-refractivity contribution >= 4 is 25.2 Å². The summed E-state index contributed by atoms with van der Waals surface area (Å²) in [6.07, 6.45) is 6.70. The second-order valence-corrected chi connectivity index (χ2v) is 8.83. The highest BCUT2D eigenvalue weighted by atomic mass is 19.3. The third kappa shape index (κ3) is 9.94. The molecule has 0 radical (unpaired) electrons. The summed E-state index contributed by atoms with van der Waals surface area (Å²) < 4.78 is 25.3. The molecule has 0 unspecified atom stereocenters. The first-order valence-electron chi connectivity index (χ1n) is 11.5. The molecule has 1 fully saturated rings. The van der Waals surface area contributed by atoms with Crippen molar-refractivity contribution in [2.75, 3.05) is 5.32 Å². The van der Waals surface area contributed by atoms with Gasteiger partial charge in [-0.15, -0.1) is 0 Å². The fourth-order valence-electron chi connectivity index (χ4n) is 3.93. The van der Waals surface area contributed by atoms with Crippen LogP contribution >= 0.6 is 0 Å². The Labute approximate surface area is 203 Å². The number of hydrogen-bond donors (Lipinski definition) is 1. The number of nitrogens with one attached hydrogen (secondary N) is 1. The van der Waals surface area contributed by atoms with Crippen LogP contribution in [-0.4, -0.2) is 19.5 Å². The first-order chi connectivity index (χ1) is 16.0. The molecule has 0 heterocycles. The van der Waals surface area contributed by atoms with Crippen molar-refractivity contribution < 1.29 is 23.2 Å². The molecule has 1 amide bonds. The number of carbonyl (C=O) groups excluding carboxylic acids is 3. The first kappa shape index (κ1) is 31.1. The summed E-state index contributed by atoms with van der Waals surface area (Å²) in [5, 5.41) is 3.11. The molecule has 0 aromatic heterocycles. The Hall–Kier alpha value is -2.89. The van der Waals surface area contributed by atoms with Gasteiger partial charge in [0.1, 0.15) is 13.6 Å². The number of rotatable bonds is 4. The van der Waals surface area contributed by atoms with E-state index in [1.54, 1.807) is 19.1 Å². The maximum absolute atomic E-state index is 12.6. The van der Waals surface area contributed by atoms with Crippen molar-refractivity contribution in [1.82, 2.24) is 0 Å². The van der Waals surface area contributed by atoms with Crippen LogP contribution in [0.3, 0.4) is 0 Å². The third-order valence-electron chi connectivity index (χ3n) is 6.01. The van der Waals surface area contributed by atoms with E-state index in [9.17, 15) is 13.6 Å². The second-order valence-electron chi connectivity index (χ2n) is 8.83. The standard InChI is InChI=1S/C17H25NO.C9H10F2.2CH2O/c1-4-14-8-9-15(12-13(14)2)18-16(19)17(3)10-6-5-7-11-17;1-7-4-3-5-8(6-7)9(2,10)11;2*1-2/h8-9,12H,4-7,10-11H2,1-3H3,(H,18,19);3-6H,1-2H3;2*1H2. The molecule has 0 bridgehead atoms. The molecule has 0 saturated heterocycles. The minimum absolute atomic E-state index is 0.0810. The van der Waals surface area contributed by atoms with E-state index in [2.05, 4.69) is 38.2 Å². The van der Waals surface area contributed by atoms with Crippen LogP contribution in [0.1, 0.15) is 75.1 Å². The Morgan fingerprint density at radius 2 is 1.59 bits per heavy atom. The first-order valence-corrected chi connectivity index (χ1v) is 11.5. The number of anilines is 1. The zero-order chi connectivity index (χ0) is 26.4. The number of hydrogen-bond acceptors (Lipinski definition) is 3. The Bertz CT molecular complexity index is 885. The molecule has 4 nitrogen and oxygen atoms in total. The molecule has 2 aromatic rings. The quantitative estimate of drug-likeness (QED) is 0.508. The van der Waals surface area contributed by atoms with Gasteiger partial charge in [0.05, 0.1) is 0 Å². The molecule has 6 heteroatoms. The van der Waals surface area contributed by atoms with Crippen LogP contribution in [0.25, 0.3) is 0 Å². The van der Waals surface area contributed by atoms with Crippen molar-refractivity contribution in [3.63, 3.8) is 0 Å². The monoisotopic (exact) mass is 475 g/mol. The third-order valence-corrected chi connectivity index (χ3v) is 6.01. The van der Waals surface area contributed by atoms with Gasteiger partial charge >= 0.3 is 0 Å². The predicted molar refractivity (Wildman–Crippen MR) is 135 cm³/mol. The lowest BCUT2D eigenvalue weighted by Crippen LogP contribution is -2.35. The lowest BCUT2D eigenvalue weighted by atomic mass is 9.75. The molecule has 1 aliphatic rings. The zero-order valence-corrected chi connectivity index (χ0v) is 21.2. The lowest BCUT2D eigenvalue weighted by molar-refractivity contribution is -0.126. The van der Waals surface area contributed by atoms with Crippen LogP contribution in [-0.2, 0) is 26.7 Å². The molecule has 0 atom stereocenters. The maximum atomic E-state index is 12.6.